The van der Waals surface area contributed by atoms with Gasteiger partial charge in [-0.05, 0) is 85.3 Å². The number of thioether (sulfide) groups is 1. The minimum absolute atomic E-state index is 0.0490. The van der Waals surface area contributed by atoms with Crippen molar-refractivity contribution in [2.24, 2.45) is 0 Å². The SMILES string of the molecule is CC(Sc1ccc(NC(=O)/C(=C/c2ccc(Cl)cc2Cl)NC(=O)c2ccccc2)cc1)C(=O)Nc1ccc(O)c(C(=O)O)c1. The number of hydrogen-bond donors (Lipinski definition) is 5. The van der Waals surface area contributed by atoms with Crippen molar-refractivity contribution in [1.82, 2.24) is 5.32 Å². The van der Waals surface area contributed by atoms with Crippen LogP contribution in [0.25, 0.3) is 6.08 Å². The number of carboxylic acids is 1. The first kappa shape index (κ1) is 32.2. The third-order valence-electron chi connectivity index (χ3n) is 6.08. The van der Waals surface area contributed by atoms with E-state index < -0.39 is 28.8 Å². The Balaban J connectivity index is 1.44. The van der Waals surface area contributed by atoms with Gasteiger partial charge in [0.25, 0.3) is 11.8 Å². The summed E-state index contributed by atoms with van der Waals surface area (Å²) in [6, 6.07) is 23.7. The molecule has 0 bridgehead atoms. The van der Waals surface area contributed by atoms with Crippen LogP contribution in [-0.4, -0.2) is 39.2 Å². The Morgan fingerprint density at radius 3 is 2.18 bits per heavy atom. The number of carbonyl (C=O) groups excluding carboxylic acids is 3. The van der Waals surface area contributed by atoms with Crippen molar-refractivity contribution >= 4 is 76.1 Å². The Bertz CT molecular complexity index is 1750. The van der Waals surface area contributed by atoms with Gasteiger partial charge in [0.1, 0.15) is 17.0 Å². The zero-order valence-electron chi connectivity index (χ0n) is 23.0. The van der Waals surface area contributed by atoms with Crippen molar-refractivity contribution in [3.8, 4) is 5.75 Å². The molecule has 9 nitrogen and oxygen atoms in total. The molecule has 0 radical (unpaired) electrons. The molecule has 1 unspecified atom stereocenters. The maximum absolute atomic E-state index is 13.3. The van der Waals surface area contributed by atoms with Crippen molar-refractivity contribution < 1.29 is 29.4 Å². The van der Waals surface area contributed by atoms with Crippen LogP contribution in [0.15, 0.2) is 102 Å². The summed E-state index contributed by atoms with van der Waals surface area (Å²) in [5, 5.41) is 27.0. The number of nitrogens with one attached hydrogen (secondary N) is 3. The van der Waals surface area contributed by atoms with E-state index in [1.807, 2.05) is 0 Å². The first-order valence-electron chi connectivity index (χ1n) is 13.0. The van der Waals surface area contributed by atoms with Crippen LogP contribution in [0.1, 0.15) is 33.2 Å². The fourth-order valence-electron chi connectivity index (χ4n) is 3.82. The zero-order chi connectivity index (χ0) is 31.8. The summed E-state index contributed by atoms with van der Waals surface area (Å²) in [4.78, 5) is 50.8. The summed E-state index contributed by atoms with van der Waals surface area (Å²) in [5.74, 6) is -3.17. The van der Waals surface area contributed by atoms with Crippen LogP contribution in [0.5, 0.6) is 5.75 Å². The third-order valence-corrected chi connectivity index (χ3v) is 7.75. The van der Waals surface area contributed by atoms with E-state index in [2.05, 4.69) is 16.0 Å². The van der Waals surface area contributed by atoms with Gasteiger partial charge in [0.05, 0.1) is 5.25 Å². The van der Waals surface area contributed by atoms with Gasteiger partial charge < -0.3 is 26.2 Å². The smallest absolute Gasteiger partial charge is 0.339 e. The van der Waals surface area contributed by atoms with Crippen LogP contribution in [0.4, 0.5) is 11.4 Å². The first-order chi connectivity index (χ1) is 21.0. The molecule has 3 amide bonds. The lowest BCUT2D eigenvalue weighted by atomic mass is 10.1. The van der Waals surface area contributed by atoms with Gasteiger partial charge in [0.15, 0.2) is 0 Å². The zero-order valence-corrected chi connectivity index (χ0v) is 25.3. The maximum Gasteiger partial charge on any atom is 0.339 e. The van der Waals surface area contributed by atoms with Crippen LogP contribution in [-0.2, 0) is 9.59 Å². The molecule has 0 heterocycles. The predicted octanol–water partition coefficient (Wildman–Crippen LogP) is 6.93. The first-order valence-corrected chi connectivity index (χ1v) is 14.6. The van der Waals surface area contributed by atoms with Crippen molar-refractivity contribution in [2.45, 2.75) is 17.1 Å². The van der Waals surface area contributed by atoms with Gasteiger partial charge in [0, 0.05) is 31.9 Å². The standard InChI is InChI=1S/C32H25Cl2N3O6S/c1-18(29(39)36-23-11-14-28(38)25(17-23)32(42)43)44-24-12-9-22(10-13-24)35-31(41)27(15-20-7-8-21(33)16-26(20)34)37-30(40)19-5-3-2-4-6-19/h2-18,38H,1H3,(H,35,41)(H,36,39)(H,37,40)(H,42,43)/b27-15-. The fraction of sp³-hybridized carbons (Fsp3) is 0.0625. The highest BCUT2D eigenvalue weighted by Crippen LogP contribution is 2.28. The molecule has 1 atom stereocenters. The number of hydrogen-bond acceptors (Lipinski definition) is 6. The van der Waals surface area contributed by atoms with Crippen LogP contribution in [0.2, 0.25) is 10.0 Å². The molecule has 0 aromatic heterocycles. The van der Waals surface area contributed by atoms with Crippen molar-refractivity contribution in [2.75, 3.05) is 10.6 Å². The minimum atomic E-state index is -1.32. The fourth-order valence-corrected chi connectivity index (χ4v) is 5.15. The molecule has 224 valence electrons. The van der Waals surface area contributed by atoms with E-state index in [1.165, 1.54) is 42.1 Å². The van der Waals surface area contributed by atoms with Crippen molar-refractivity contribution in [3.63, 3.8) is 0 Å². The molecule has 0 saturated carbocycles. The van der Waals surface area contributed by atoms with Crippen LogP contribution < -0.4 is 16.0 Å². The van der Waals surface area contributed by atoms with Crippen LogP contribution >= 0.6 is 35.0 Å². The highest BCUT2D eigenvalue weighted by Gasteiger charge is 2.18. The van der Waals surface area contributed by atoms with E-state index in [-0.39, 0.29) is 22.9 Å². The van der Waals surface area contributed by atoms with Crippen molar-refractivity contribution in [3.05, 3.63) is 123 Å². The molecule has 0 spiro atoms. The molecular weight excluding hydrogens is 625 g/mol. The average molecular weight is 651 g/mol. The molecule has 0 aliphatic carbocycles. The Kier molecular flexibility index (Phi) is 10.7. The van der Waals surface area contributed by atoms with Gasteiger partial charge in [-0.1, -0.05) is 47.5 Å². The van der Waals surface area contributed by atoms with Gasteiger partial charge in [-0.15, -0.1) is 11.8 Å². The van der Waals surface area contributed by atoms with Crippen LogP contribution in [0, 0.1) is 0 Å². The lowest BCUT2D eigenvalue weighted by Crippen LogP contribution is -2.30. The molecule has 12 heteroatoms. The van der Waals surface area contributed by atoms with Gasteiger partial charge in [-0.3, -0.25) is 14.4 Å². The third kappa shape index (κ3) is 8.63. The Morgan fingerprint density at radius 2 is 1.52 bits per heavy atom. The number of aromatic carboxylic acids is 1. The number of amides is 3. The Hall–Kier alpha value is -4.77. The molecule has 44 heavy (non-hydrogen) atoms. The van der Waals surface area contributed by atoms with Gasteiger partial charge in [0.2, 0.25) is 5.91 Å². The highest BCUT2D eigenvalue weighted by molar-refractivity contribution is 8.00. The summed E-state index contributed by atoms with van der Waals surface area (Å²) < 4.78 is 0. The second kappa shape index (κ2) is 14.6. The summed E-state index contributed by atoms with van der Waals surface area (Å²) in [6.07, 6.45) is 1.45. The summed E-state index contributed by atoms with van der Waals surface area (Å²) in [7, 11) is 0. The molecule has 4 aromatic rings. The Labute approximate surface area is 266 Å². The molecular formula is C32H25Cl2N3O6S. The van der Waals surface area contributed by atoms with Crippen molar-refractivity contribution in [1.29, 1.82) is 0 Å². The molecule has 0 aliphatic heterocycles. The number of carboxylic acid groups (broad SMARTS) is 1. The molecule has 4 rings (SSSR count). The predicted molar refractivity (Wildman–Crippen MR) is 172 cm³/mol. The number of aromatic hydroxyl groups is 1. The second-order valence-corrected chi connectivity index (χ2v) is 11.6. The van der Waals surface area contributed by atoms with E-state index in [1.54, 1.807) is 73.7 Å². The summed E-state index contributed by atoms with van der Waals surface area (Å²) in [6.45, 7) is 1.68. The minimum Gasteiger partial charge on any atom is -0.507 e. The molecule has 0 fully saturated rings. The van der Waals surface area contributed by atoms with E-state index in [4.69, 9.17) is 23.2 Å². The highest BCUT2D eigenvalue weighted by atomic mass is 35.5. The molecule has 0 saturated heterocycles. The van der Waals surface area contributed by atoms with Gasteiger partial charge in [-0.25, -0.2) is 4.79 Å². The molecule has 4 aromatic carbocycles. The number of halogens is 2. The number of anilines is 2. The Morgan fingerprint density at radius 1 is 0.841 bits per heavy atom. The van der Waals surface area contributed by atoms with E-state index in [9.17, 15) is 29.4 Å². The maximum atomic E-state index is 13.3. The average Bonchev–Trinajstić information content (AvgIpc) is 3.00. The lowest BCUT2D eigenvalue weighted by Gasteiger charge is -2.14. The largest absolute Gasteiger partial charge is 0.507 e. The van der Waals surface area contributed by atoms with E-state index >= 15 is 0 Å². The molecule has 5 N–H and O–H groups in total. The monoisotopic (exact) mass is 649 g/mol. The normalized spacial score (nSPS) is 11.8. The number of phenols is 1. The number of benzene rings is 4. The second-order valence-electron chi connectivity index (χ2n) is 9.31. The number of rotatable bonds is 10. The van der Waals surface area contributed by atoms with Gasteiger partial charge >= 0.3 is 5.97 Å². The quantitative estimate of drug-likeness (QED) is 0.0712. The molecule has 0 aliphatic rings. The topological polar surface area (TPSA) is 145 Å². The summed E-state index contributed by atoms with van der Waals surface area (Å²) in [5.41, 5.74) is 1.13. The number of carbonyl (C=O) groups is 4. The lowest BCUT2D eigenvalue weighted by molar-refractivity contribution is -0.115. The summed E-state index contributed by atoms with van der Waals surface area (Å²) >= 11 is 13.6. The van der Waals surface area contributed by atoms with E-state index in [0.717, 1.165) is 4.90 Å². The van der Waals surface area contributed by atoms with E-state index in [0.29, 0.717) is 26.9 Å². The van der Waals surface area contributed by atoms with Gasteiger partial charge in [-0.2, -0.15) is 0 Å². The van der Waals surface area contributed by atoms with Crippen LogP contribution in [0.3, 0.4) is 0 Å².